The van der Waals surface area contributed by atoms with Crippen molar-refractivity contribution in [1.82, 2.24) is 5.32 Å². The van der Waals surface area contributed by atoms with Gasteiger partial charge in [0.05, 0.1) is 25.4 Å². The molecule has 9 heteroatoms. The fraction of sp³-hybridized carbons (Fsp3) is 0.914. The molecule has 7 unspecified atom stereocenters. The number of carbonyl (C=O) groups is 1. The van der Waals surface area contributed by atoms with E-state index in [0.717, 1.165) is 51.4 Å². The Labute approximate surface area is 559 Å². The number of hydrogen-bond acceptors (Lipinski definition) is 8. The molecule has 90 heavy (non-hydrogen) atoms. The van der Waals surface area contributed by atoms with Gasteiger partial charge in [-0.1, -0.05) is 397 Å². The summed E-state index contributed by atoms with van der Waals surface area (Å²) >= 11 is 0. The number of aliphatic hydroxyl groups excluding tert-OH is 5. The van der Waals surface area contributed by atoms with Crippen LogP contribution in [0, 0.1) is 0 Å². The number of allylic oxidation sites excluding steroid dienone is 6. The summed E-state index contributed by atoms with van der Waals surface area (Å²) in [7, 11) is 0. The lowest BCUT2D eigenvalue weighted by Crippen LogP contribution is -2.60. The number of amides is 1. The summed E-state index contributed by atoms with van der Waals surface area (Å²) in [5.41, 5.74) is 0. The molecule has 0 bridgehead atoms. The third-order valence-corrected chi connectivity index (χ3v) is 19.5. The van der Waals surface area contributed by atoms with E-state index in [4.69, 9.17) is 9.47 Å². The SMILES string of the molecule is CCCCCCC/C=C\C/C=C\C/C=C\CCCCCCCCCCCCCCCCCCCCCCCCC(=O)NC(COC1OC(CO)C(O)C(O)C1O)C(O)CCCCCCCCCCCCCCCCCCCCCCCCCCCCCCCC. The minimum Gasteiger partial charge on any atom is -0.394 e. The fourth-order valence-electron chi connectivity index (χ4n) is 13.2. The van der Waals surface area contributed by atoms with E-state index < -0.39 is 49.5 Å². The zero-order chi connectivity index (χ0) is 64.9. The van der Waals surface area contributed by atoms with Gasteiger partial charge in [0.15, 0.2) is 6.29 Å². The van der Waals surface area contributed by atoms with E-state index in [2.05, 4.69) is 55.6 Å². The van der Waals surface area contributed by atoms with Crippen molar-refractivity contribution in [2.45, 2.75) is 461 Å². The summed E-state index contributed by atoms with van der Waals surface area (Å²) in [5.74, 6) is -0.135. The Hall–Kier alpha value is -1.59. The first kappa shape index (κ1) is 86.4. The molecule has 0 radical (unpaired) electrons. The molecule has 1 heterocycles. The molecule has 1 saturated heterocycles. The Kier molecular flexibility index (Phi) is 67.4. The molecular weight excluding hydrogens is 1110 g/mol. The average molecular weight is 1270 g/mol. The van der Waals surface area contributed by atoms with Gasteiger partial charge in [0, 0.05) is 6.42 Å². The molecule has 1 amide bonds. The van der Waals surface area contributed by atoms with Gasteiger partial charge < -0.3 is 40.3 Å². The molecule has 0 spiro atoms. The van der Waals surface area contributed by atoms with Gasteiger partial charge in [-0.05, 0) is 51.4 Å². The van der Waals surface area contributed by atoms with Crippen LogP contribution in [0.2, 0.25) is 0 Å². The second kappa shape index (κ2) is 70.2. The summed E-state index contributed by atoms with van der Waals surface area (Å²) in [6.45, 7) is 3.89. The van der Waals surface area contributed by atoms with Crippen LogP contribution in [0.5, 0.6) is 0 Å². The Balaban J connectivity index is 2.04. The smallest absolute Gasteiger partial charge is 0.220 e. The third kappa shape index (κ3) is 57.8. The zero-order valence-corrected chi connectivity index (χ0v) is 59.9. The standard InChI is InChI=1S/C81H155NO8/c1-3-5-7-9-11-13-15-17-19-21-23-25-27-29-31-33-35-36-37-38-39-40-41-43-45-47-49-51-53-55-57-59-61-63-65-67-69-71-77(85)82-74(73-89-81-80(88)79(87)78(86)76(72-83)90-81)75(84)70-68-66-64-62-60-58-56-54-52-50-48-46-44-42-34-32-30-28-26-24-22-20-18-16-14-12-10-8-6-4-2/h15,17,21,23,27,29,74-76,78-81,83-84,86-88H,3-14,16,18-20,22,24-26,28,30-73H2,1-2H3,(H,82,85)/b17-15-,23-21-,29-27-. The normalized spacial score (nSPS) is 17.9. The Morgan fingerprint density at radius 3 is 0.967 bits per heavy atom. The molecule has 7 atom stereocenters. The maximum atomic E-state index is 13.2. The Morgan fingerprint density at radius 2 is 0.656 bits per heavy atom. The quantitative estimate of drug-likeness (QED) is 0.0261. The first-order valence-electron chi connectivity index (χ1n) is 40.2. The summed E-state index contributed by atoms with van der Waals surface area (Å²) in [4.78, 5) is 13.2. The summed E-state index contributed by atoms with van der Waals surface area (Å²) in [6, 6.07) is -0.719. The molecular formula is C81H155NO8. The summed E-state index contributed by atoms with van der Waals surface area (Å²) < 4.78 is 11.4. The lowest BCUT2D eigenvalue weighted by Gasteiger charge is -2.40. The van der Waals surface area contributed by atoms with Crippen LogP contribution in [0.3, 0.4) is 0 Å². The van der Waals surface area contributed by atoms with Crippen LogP contribution >= 0.6 is 0 Å². The van der Waals surface area contributed by atoms with E-state index in [-0.39, 0.29) is 12.5 Å². The molecule has 0 aromatic heterocycles. The van der Waals surface area contributed by atoms with Gasteiger partial charge in [-0.3, -0.25) is 4.79 Å². The van der Waals surface area contributed by atoms with Gasteiger partial charge in [-0.2, -0.15) is 0 Å². The van der Waals surface area contributed by atoms with Crippen LogP contribution in [-0.4, -0.2) is 87.5 Å². The molecule has 0 aromatic carbocycles. The van der Waals surface area contributed by atoms with E-state index in [1.807, 2.05) is 0 Å². The number of nitrogens with one attached hydrogen (secondary N) is 1. The number of unbranched alkanes of at least 4 members (excludes halogenated alkanes) is 56. The molecule has 6 N–H and O–H groups in total. The van der Waals surface area contributed by atoms with Gasteiger partial charge in [-0.15, -0.1) is 0 Å². The van der Waals surface area contributed by atoms with Crippen molar-refractivity contribution in [2.75, 3.05) is 13.2 Å². The van der Waals surface area contributed by atoms with Crippen molar-refractivity contribution in [1.29, 1.82) is 0 Å². The van der Waals surface area contributed by atoms with E-state index in [0.29, 0.717) is 12.8 Å². The molecule has 0 saturated carbocycles. The van der Waals surface area contributed by atoms with Crippen LogP contribution < -0.4 is 5.32 Å². The lowest BCUT2D eigenvalue weighted by atomic mass is 9.99. The van der Waals surface area contributed by atoms with E-state index in [1.54, 1.807) is 0 Å². The highest BCUT2D eigenvalue weighted by atomic mass is 16.7. The van der Waals surface area contributed by atoms with Crippen LogP contribution in [-0.2, 0) is 14.3 Å². The predicted octanol–water partition coefficient (Wildman–Crippen LogP) is 22.9. The van der Waals surface area contributed by atoms with Crippen LogP contribution in [0.15, 0.2) is 36.5 Å². The van der Waals surface area contributed by atoms with Crippen molar-refractivity contribution < 1.29 is 39.8 Å². The predicted molar refractivity (Wildman–Crippen MR) is 387 cm³/mol. The van der Waals surface area contributed by atoms with Crippen LogP contribution in [0.4, 0.5) is 0 Å². The zero-order valence-electron chi connectivity index (χ0n) is 59.9. The number of aliphatic hydroxyl groups is 5. The third-order valence-electron chi connectivity index (χ3n) is 19.5. The molecule has 532 valence electrons. The molecule has 1 aliphatic rings. The second-order valence-corrected chi connectivity index (χ2v) is 28.2. The van der Waals surface area contributed by atoms with Gasteiger partial charge in [0.2, 0.25) is 5.91 Å². The molecule has 9 nitrogen and oxygen atoms in total. The molecule has 0 aromatic rings. The maximum Gasteiger partial charge on any atom is 0.220 e. The average Bonchev–Trinajstić information content (AvgIpc) is 1.28. The fourth-order valence-corrected chi connectivity index (χ4v) is 13.2. The first-order chi connectivity index (χ1) is 44.3. The topological polar surface area (TPSA) is 149 Å². The van der Waals surface area contributed by atoms with Crippen molar-refractivity contribution in [2.24, 2.45) is 0 Å². The van der Waals surface area contributed by atoms with E-state index in [1.165, 1.54) is 340 Å². The minimum absolute atomic E-state index is 0.133. The maximum absolute atomic E-state index is 13.2. The first-order valence-corrected chi connectivity index (χ1v) is 40.2. The van der Waals surface area contributed by atoms with Crippen molar-refractivity contribution >= 4 is 5.91 Å². The number of rotatable bonds is 72. The van der Waals surface area contributed by atoms with Crippen LogP contribution in [0.25, 0.3) is 0 Å². The van der Waals surface area contributed by atoms with Gasteiger partial charge in [-0.25, -0.2) is 0 Å². The minimum atomic E-state index is -1.55. The highest BCUT2D eigenvalue weighted by Gasteiger charge is 2.44. The largest absolute Gasteiger partial charge is 0.394 e. The molecule has 1 rings (SSSR count). The molecule has 1 aliphatic heterocycles. The monoisotopic (exact) mass is 1270 g/mol. The lowest BCUT2D eigenvalue weighted by molar-refractivity contribution is -0.302. The van der Waals surface area contributed by atoms with Crippen LogP contribution in [0.1, 0.15) is 418 Å². The van der Waals surface area contributed by atoms with E-state index >= 15 is 0 Å². The van der Waals surface area contributed by atoms with Crippen molar-refractivity contribution in [3.8, 4) is 0 Å². The van der Waals surface area contributed by atoms with Crippen molar-refractivity contribution in [3.63, 3.8) is 0 Å². The highest BCUT2D eigenvalue weighted by molar-refractivity contribution is 5.76. The summed E-state index contributed by atoms with van der Waals surface area (Å²) in [6.07, 6.45) is 88.3. The van der Waals surface area contributed by atoms with E-state index in [9.17, 15) is 30.3 Å². The number of carbonyl (C=O) groups excluding carboxylic acids is 1. The van der Waals surface area contributed by atoms with Gasteiger partial charge in [0.25, 0.3) is 0 Å². The van der Waals surface area contributed by atoms with Gasteiger partial charge >= 0.3 is 0 Å². The Morgan fingerprint density at radius 1 is 0.378 bits per heavy atom. The van der Waals surface area contributed by atoms with Gasteiger partial charge in [0.1, 0.15) is 24.4 Å². The summed E-state index contributed by atoms with van der Waals surface area (Å²) in [5, 5.41) is 55.1. The molecule has 0 aliphatic carbocycles. The molecule has 1 fully saturated rings. The van der Waals surface area contributed by atoms with Crippen molar-refractivity contribution in [3.05, 3.63) is 36.5 Å². The second-order valence-electron chi connectivity index (χ2n) is 28.2. The Bertz CT molecular complexity index is 1520. The number of ether oxygens (including phenoxy) is 2. The number of hydrogen-bond donors (Lipinski definition) is 6. The highest BCUT2D eigenvalue weighted by Crippen LogP contribution is 2.24.